The maximum absolute atomic E-state index is 13.0. The zero-order valence-electron chi connectivity index (χ0n) is 24.4. The van der Waals surface area contributed by atoms with E-state index in [0.717, 1.165) is 0 Å². The van der Waals surface area contributed by atoms with Crippen LogP contribution in [0.4, 0.5) is 10.5 Å². The van der Waals surface area contributed by atoms with Crippen molar-refractivity contribution in [2.24, 2.45) is 17.6 Å². The third-order valence-corrected chi connectivity index (χ3v) is 7.36. The van der Waals surface area contributed by atoms with E-state index in [1.165, 1.54) is 7.11 Å². The summed E-state index contributed by atoms with van der Waals surface area (Å²) in [5, 5.41) is 25.0. The Morgan fingerprint density at radius 2 is 1.88 bits per heavy atom. The van der Waals surface area contributed by atoms with Gasteiger partial charge in [0.1, 0.15) is 5.75 Å². The van der Waals surface area contributed by atoms with Crippen molar-refractivity contribution in [2.45, 2.75) is 84.2 Å². The first-order chi connectivity index (χ1) is 18.9. The zero-order chi connectivity index (χ0) is 30.0. The van der Waals surface area contributed by atoms with Gasteiger partial charge in [0.05, 0.1) is 18.3 Å². The summed E-state index contributed by atoms with van der Waals surface area (Å²) >= 11 is 0. The molecule has 0 unspecified atom stereocenters. The predicted molar refractivity (Wildman–Crippen MR) is 155 cm³/mol. The number of hydrogen-bond donors (Lipinski definition) is 4. The van der Waals surface area contributed by atoms with Crippen LogP contribution in [-0.2, 0) is 31.8 Å². The number of anilines is 1. The van der Waals surface area contributed by atoms with Gasteiger partial charge in [-0.3, -0.25) is 4.79 Å². The number of benzene rings is 1. The Morgan fingerprint density at radius 1 is 1.20 bits per heavy atom. The molecule has 9 heteroatoms. The number of aliphatic hydroxyl groups is 1. The Bertz CT molecular complexity index is 1140. The Balaban J connectivity index is 2.55. The molecule has 0 spiro atoms. The van der Waals surface area contributed by atoms with E-state index in [1.54, 1.807) is 39.2 Å². The number of phenolic OH excluding ortho intramolecular Hbond substituents is 1. The molecule has 2 amide bonds. The number of carbonyl (C=O) groups excluding carboxylic acids is 2. The van der Waals surface area contributed by atoms with Crippen LogP contribution >= 0.6 is 0 Å². The molecule has 1 aliphatic rings. The van der Waals surface area contributed by atoms with Crippen LogP contribution in [0.15, 0.2) is 35.4 Å². The smallest absolute Gasteiger partial charge is 0.405 e. The average molecular weight is 557 g/mol. The molecule has 40 heavy (non-hydrogen) atoms. The van der Waals surface area contributed by atoms with Gasteiger partial charge in [0.15, 0.2) is 6.10 Å². The molecular weight excluding hydrogens is 512 g/mol. The van der Waals surface area contributed by atoms with Crippen LogP contribution in [0.3, 0.4) is 0 Å². The number of nitrogens with two attached hydrogens (primary N) is 1. The molecule has 0 aliphatic carbocycles. The second kappa shape index (κ2) is 15.5. The molecular formula is C31H44N2O7. The number of phenols is 1. The topological polar surface area (TPSA) is 140 Å². The van der Waals surface area contributed by atoms with Crippen molar-refractivity contribution < 1.29 is 34.0 Å². The van der Waals surface area contributed by atoms with Crippen LogP contribution in [0.2, 0.25) is 0 Å². The first-order valence-electron chi connectivity index (χ1n) is 13.6. The van der Waals surface area contributed by atoms with Crippen LogP contribution in [0, 0.1) is 24.2 Å². The highest BCUT2D eigenvalue weighted by molar-refractivity contribution is 6.03. The third-order valence-electron chi connectivity index (χ3n) is 7.36. The number of fused-ring (bicyclic) bond motifs is 2. The number of ether oxygens (including phenoxy) is 3. The lowest BCUT2D eigenvalue weighted by Crippen LogP contribution is -2.37. The molecule has 2 bridgehead atoms. The molecule has 0 saturated carbocycles. The Kier molecular flexibility index (Phi) is 12.7. The van der Waals surface area contributed by atoms with E-state index < -0.39 is 30.5 Å². The number of allylic oxidation sites excluding steroid dienone is 1. The molecule has 1 aromatic rings. The van der Waals surface area contributed by atoms with Gasteiger partial charge in [0.2, 0.25) is 0 Å². The minimum Gasteiger partial charge on any atom is -0.507 e. The standard InChI is InChI=1S/C31H44N2O7/c1-8-10-22-16-24-17-23(28(22)35)13-18(2)14-26(39-7)27(34)20(4)15-21(5)29(40-31(32)37)25(38-6)12-9-11-19(3)30(36)33-24/h1,11,15-18,20,25-27,29,34-35H,9-10,12-14H2,2-7H3,(H2,32,37)(H,33,36)/b19-11-,21-15-/t18-,20-,25+,26-,27+,29+/m0/s1. The fraction of sp³-hybridized carbons (Fsp3) is 0.548. The summed E-state index contributed by atoms with van der Waals surface area (Å²) in [6.45, 7) is 7.38. The third kappa shape index (κ3) is 9.12. The Hall–Kier alpha value is -3.32. The van der Waals surface area contributed by atoms with Crippen molar-refractivity contribution in [2.75, 3.05) is 19.5 Å². The highest BCUT2D eigenvalue weighted by Gasteiger charge is 2.30. The van der Waals surface area contributed by atoms with E-state index in [1.807, 2.05) is 19.9 Å². The number of carbonyl (C=O) groups is 2. The number of aromatic hydroxyl groups is 1. The fourth-order valence-electron chi connectivity index (χ4n) is 5.18. The van der Waals surface area contributed by atoms with Gasteiger partial charge >= 0.3 is 6.09 Å². The van der Waals surface area contributed by atoms with Gasteiger partial charge in [-0.2, -0.15) is 0 Å². The van der Waals surface area contributed by atoms with Crippen LogP contribution in [0.5, 0.6) is 5.75 Å². The number of terminal acetylenes is 1. The summed E-state index contributed by atoms with van der Waals surface area (Å²) in [5.41, 5.74) is 8.28. The van der Waals surface area contributed by atoms with Gasteiger partial charge in [0, 0.05) is 43.4 Å². The summed E-state index contributed by atoms with van der Waals surface area (Å²) < 4.78 is 16.8. The van der Waals surface area contributed by atoms with Gasteiger partial charge in [-0.15, -0.1) is 12.3 Å². The Labute approximate surface area is 237 Å². The quantitative estimate of drug-likeness (QED) is 0.247. The Morgan fingerprint density at radius 3 is 2.48 bits per heavy atom. The maximum Gasteiger partial charge on any atom is 0.405 e. The van der Waals surface area contributed by atoms with Gasteiger partial charge in [-0.05, 0) is 68.7 Å². The summed E-state index contributed by atoms with van der Waals surface area (Å²) in [7, 11) is 3.07. The number of rotatable bonds is 4. The lowest BCUT2D eigenvalue weighted by atomic mass is 9.87. The second-order valence-corrected chi connectivity index (χ2v) is 10.7. The summed E-state index contributed by atoms with van der Waals surface area (Å²) in [4.78, 5) is 24.7. The van der Waals surface area contributed by atoms with E-state index >= 15 is 0 Å². The largest absolute Gasteiger partial charge is 0.507 e. The van der Waals surface area contributed by atoms with Crippen molar-refractivity contribution in [1.29, 1.82) is 0 Å². The number of primary amides is 1. The van der Waals surface area contributed by atoms with Crippen LogP contribution in [0.1, 0.15) is 58.1 Å². The second-order valence-electron chi connectivity index (χ2n) is 10.7. The summed E-state index contributed by atoms with van der Waals surface area (Å²) in [5.74, 6) is 2.02. The van der Waals surface area contributed by atoms with Crippen molar-refractivity contribution >= 4 is 17.7 Å². The van der Waals surface area contributed by atoms with E-state index in [-0.39, 0.29) is 29.9 Å². The molecule has 0 aromatic heterocycles. The van der Waals surface area contributed by atoms with Crippen molar-refractivity contribution in [3.63, 3.8) is 0 Å². The lowest BCUT2D eigenvalue weighted by molar-refractivity contribution is -0.112. The molecule has 1 aliphatic heterocycles. The fourth-order valence-corrected chi connectivity index (χ4v) is 5.18. The minimum absolute atomic E-state index is 0.0000513. The monoisotopic (exact) mass is 556 g/mol. The summed E-state index contributed by atoms with van der Waals surface area (Å²) in [6, 6.07) is 3.44. The number of methoxy groups -OCH3 is 2. The molecule has 5 N–H and O–H groups in total. The van der Waals surface area contributed by atoms with Gasteiger partial charge in [-0.1, -0.05) is 26.0 Å². The number of aliphatic hydroxyl groups excluding tert-OH is 1. The predicted octanol–water partition coefficient (Wildman–Crippen LogP) is 4.25. The number of nitrogens with one attached hydrogen (secondary N) is 1. The SMILES string of the molecule is C#CCc1cc2cc(c1O)C[C@H](C)C[C@H](OC)[C@H](O)[C@@H](C)/C=C(/C)[C@@H](OC(N)=O)[C@H](OC)CC/C=C(/C)C(=O)N2. The molecule has 0 radical (unpaired) electrons. The zero-order valence-corrected chi connectivity index (χ0v) is 24.4. The maximum atomic E-state index is 13.0. The van der Waals surface area contributed by atoms with Crippen LogP contribution in [-0.4, -0.2) is 60.8 Å². The molecule has 1 heterocycles. The summed E-state index contributed by atoms with van der Waals surface area (Å²) in [6.07, 6.45) is 7.63. The molecule has 0 fully saturated rings. The molecule has 6 atom stereocenters. The van der Waals surface area contributed by atoms with Crippen LogP contribution in [0.25, 0.3) is 0 Å². The van der Waals surface area contributed by atoms with Crippen molar-refractivity contribution in [1.82, 2.24) is 0 Å². The van der Waals surface area contributed by atoms with E-state index in [9.17, 15) is 19.8 Å². The molecule has 220 valence electrons. The van der Waals surface area contributed by atoms with Gasteiger partial charge in [-0.25, -0.2) is 4.79 Å². The van der Waals surface area contributed by atoms with Crippen molar-refractivity contribution in [3.8, 4) is 18.1 Å². The molecule has 0 saturated heterocycles. The first kappa shape index (κ1) is 32.9. The average Bonchev–Trinajstić information content (AvgIpc) is 2.90. The van der Waals surface area contributed by atoms with Crippen LogP contribution < -0.4 is 11.1 Å². The van der Waals surface area contributed by atoms with E-state index in [4.69, 9.17) is 26.4 Å². The minimum atomic E-state index is -0.935. The number of hydrogen-bond acceptors (Lipinski definition) is 7. The van der Waals surface area contributed by atoms with Crippen molar-refractivity contribution in [3.05, 3.63) is 46.6 Å². The highest BCUT2D eigenvalue weighted by atomic mass is 16.6. The van der Waals surface area contributed by atoms with Gasteiger partial charge in [0.25, 0.3) is 5.91 Å². The van der Waals surface area contributed by atoms with Gasteiger partial charge < -0.3 is 35.5 Å². The normalized spacial score (nSPS) is 29.7. The molecule has 9 nitrogen and oxygen atoms in total. The molecule has 1 aromatic carbocycles. The highest BCUT2D eigenvalue weighted by Crippen LogP contribution is 2.32. The first-order valence-corrected chi connectivity index (χ1v) is 13.6. The van der Waals surface area contributed by atoms with E-state index in [2.05, 4.69) is 11.2 Å². The molecule has 2 rings (SSSR count). The lowest BCUT2D eigenvalue weighted by Gasteiger charge is -2.30. The number of amides is 2. The van der Waals surface area contributed by atoms with E-state index in [0.29, 0.717) is 53.6 Å².